The fourth-order valence-corrected chi connectivity index (χ4v) is 1.11. The summed E-state index contributed by atoms with van der Waals surface area (Å²) < 4.78 is 18.7. The van der Waals surface area contributed by atoms with E-state index in [0.29, 0.717) is 0 Å². The van der Waals surface area contributed by atoms with Crippen molar-refractivity contribution in [2.45, 2.75) is 5.75 Å². The van der Waals surface area contributed by atoms with Crippen LogP contribution in [0.1, 0.15) is 5.69 Å². The third kappa shape index (κ3) is 2.28. The molecule has 1 aromatic heterocycles. The van der Waals surface area contributed by atoms with Crippen molar-refractivity contribution >= 4 is 11.1 Å². The molecule has 1 aromatic rings. The Hall–Kier alpha value is -0.940. The second-order valence-corrected chi connectivity index (χ2v) is 2.87. The van der Waals surface area contributed by atoms with Crippen LogP contribution in [-0.2, 0) is 16.8 Å². The molecule has 0 saturated carbocycles. The molecule has 1 rings (SSSR count). The maximum Gasteiger partial charge on any atom is 0.159 e. The van der Waals surface area contributed by atoms with E-state index < -0.39 is 11.1 Å². The largest absolute Gasteiger partial charge is 0.506 e. The highest BCUT2D eigenvalue weighted by molar-refractivity contribution is 7.78. The Kier molecular flexibility index (Phi) is 2.56. The maximum absolute atomic E-state index is 10.3. The smallest absolute Gasteiger partial charge is 0.159 e. The van der Waals surface area contributed by atoms with E-state index in [2.05, 4.69) is 4.98 Å². The Morgan fingerprint density at radius 2 is 2.36 bits per heavy atom. The van der Waals surface area contributed by atoms with Gasteiger partial charge in [-0.2, -0.15) is 0 Å². The molecule has 0 aliphatic heterocycles. The summed E-state index contributed by atoms with van der Waals surface area (Å²) in [5, 5.41) is 9.05. The minimum absolute atomic E-state index is 0.0464. The monoisotopic (exact) mass is 173 g/mol. The molecule has 0 aromatic carbocycles. The molecular formula is C6H7NO3S. The van der Waals surface area contributed by atoms with Crippen LogP contribution in [0.25, 0.3) is 0 Å². The molecule has 5 heteroatoms. The molecule has 0 radical (unpaired) electrons. The summed E-state index contributed by atoms with van der Waals surface area (Å²) in [6.07, 6.45) is 1.46. The molecule has 0 aliphatic carbocycles. The molecule has 0 saturated heterocycles. The Morgan fingerprint density at radius 1 is 1.64 bits per heavy atom. The molecule has 4 nitrogen and oxygen atoms in total. The van der Waals surface area contributed by atoms with Gasteiger partial charge < -0.3 is 9.66 Å². The van der Waals surface area contributed by atoms with Gasteiger partial charge in [-0.15, -0.1) is 0 Å². The summed E-state index contributed by atoms with van der Waals surface area (Å²) in [4.78, 5) is 3.72. The van der Waals surface area contributed by atoms with Crippen LogP contribution in [0.5, 0.6) is 5.75 Å². The molecule has 0 amide bonds. The van der Waals surface area contributed by atoms with Crippen LogP contribution in [0.4, 0.5) is 0 Å². The van der Waals surface area contributed by atoms with Crippen LogP contribution < -0.4 is 0 Å². The number of aromatic hydroxyl groups is 1. The Balaban J connectivity index is 2.86. The fourth-order valence-electron chi connectivity index (χ4n) is 0.658. The van der Waals surface area contributed by atoms with Crippen molar-refractivity contribution < 1.29 is 13.9 Å². The molecule has 0 aliphatic rings. The zero-order valence-corrected chi connectivity index (χ0v) is 6.41. The van der Waals surface area contributed by atoms with E-state index in [0.717, 1.165) is 0 Å². The predicted molar refractivity (Wildman–Crippen MR) is 40.4 cm³/mol. The number of hydrogen-bond donors (Lipinski definition) is 2. The van der Waals surface area contributed by atoms with E-state index in [9.17, 15) is 4.21 Å². The molecule has 1 atom stereocenters. The highest BCUT2D eigenvalue weighted by Gasteiger charge is 2.03. The van der Waals surface area contributed by atoms with Crippen LogP contribution in [0.15, 0.2) is 18.3 Å². The van der Waals surface area contributed by atoms with Crippen LogP contribution in [-0.4, -0.2) is 18.9 Å². The van der Waals surface area contributed by atoms with Gasteiger partial charge in [-0.05, 0) is 12.1 Å². The number of hydrogen-bond acceptors (Lipinski definition) is 3. The van der Waals surface area contributed by atoms with Gasteiger partial charge in [-0.3, -0.25) is 4.98 Å². The van der Waals surface area contributed by atoms with Crippen LogP contribution in [0.3, 0.4) is 0 Å². The highest BCUT2D eigenvalue weighted by Crippen LogP contribution is 2.13. The van der Waals surface area contributed by atoms with E-state index >= 15 is 0 Å². The second kappa shape index (κ2) is 3.45. The molecule has 0 fully saturated rings. The molecule has 11 heavy (non-hydrogen) atoms. The molecular weight excluding hydrogens is 166 g/mol. The van der Waals surface area contributed by atoms with Gasteiger partial charge in [0, 0.05) is 6.20 Å². The first-order chi connectivity index (χ1) is 5.20. The lowest BCUT2D eigenvalue weighted by atomic mass is 10.3. The van der Waals surface area contributed by atoms with Crippen molar-refractivity contribution in [2.24, 2.45) is 0 Å². The summed E-state index contributed by atoms with van der Waals surface area (Å²) in [6, 6.07) is 2.98. The molecule has 2 N–H and O–H groups in total. The van der Waals surface area contributed by atoms with Crippen LogP contribution >= 0.6 is 0 Å². The van der Waals surface area contributed by atoms with Gasteiger partial charge in [0.05, 0.1) is 11.4 Å². The molecule has 0 bridgehead atoms. The Bertz CT molecular complexity index is 276. The van der Waals surface area contributed by atoms with Gasteiger partial charge in [-0.1, -0.05) is 0 Å². The average molecular weight is 173 g/mol. The second-order valence-electron chi connectivity index (χ2n) is 1.94. The van der Waals surface area contributed by atoms with Crippen LogP contribution in [0, 0.1) is 0 Å². The van der Waals surface area contributed by atoms with E-state index in [1.807, 2.05) is 0 Å². The summed E-state index contributed by atoms with van der Waals surface area (Å²) in [5.41, 5.74) is 0.244. The van der Waals surface area contributed by atoms with E-state index in [4.69, 9.17) is 9.66 Å². The van der Waals surface area contributed by atoms with Gasteiger partial charge in [-0.25, -0.2) is 4.21 Å². The van der Waals surface area contributed by atoms with Crippen LogP contribution in [0.2, 0.25) is 0 Å². The van der Waals surface area contributed by atoms with Crippen molar-refractivity contribution in [2.75, 3.05) is 0 Å². The first-order valence-corrected chi connectivity index (χ1v) is 4.18. The van der Waals surface area contributed by atoms with E-state index in [-0.39, 0.29) is 17.2 Å². The third-order valence-electron chi connectivity index (χ3n) is 1.13. The average Bonchev–Trinajstić information content (AvgIpc) is 1.93. The lowest BCUT2D eigenvalue weighted by Crippen LogP contribution is -1.95. The standard InChI is InChI=1S/C6H7NO3S/c8-6-2-1-3-7-5(6)4-11(9)10/h1-3,8H,4H2,(H,9,10). The minimum atomic E-state index is -1.95. The highest BCUT2D eigenvalue weighted by atomic mass is 32.2. The molecule has 1 heterocycles. The summed E-state index contributed by atoms with van der Waals surface area (Å²) in [5.74, 6) is -0.179. The first kappa shape index (κ1) is 8.16. The van der Waals surface area contributed by atoms with E-state index in [1.165, 1.54) is 12.3 Å². The summed E-state index contributed by atoms with van der Waals surface area (Å²) >= 11 is -1.95. The summed E-state index contributed by atoms with van der Waals surface area (Å²) in [7, 11) is 0. The Labute approximate surface area is 66.2 Å². The molecule has 1 unspecified atom stereocenters. The van der Waals surface area contributed by atoms with Gasteiger partial charge in [0.2, 0.25) is 0 Å². The maximum atomic E-state index is 10.3. The lowest BCUT2D eigenvalue weighted by molar-refractivity contribution is 0.465. The van der Waals surface area contributed by atoms with Crippen molar-refractivity contribution in [1.29, 1.82) is 0 Å². The van der Waals surface area contributed by atoms with Crippen molar-refractivity contribution in [1.82, 2.24) is 4.98 Å². The van der Waals surface area contributed by atoms with Crippen molar-refractivity contribution in [3.8, 4) is 5.75 Å². The van der Waals surface area contributed by atoms with Gasteiger partial charge in [0.15, 0.2) is 11.1 Å². The molecule has 60 valence electrons. The minimum Gasteiger partial charge on any atom is -0.506 e. The predicted octanol–water partition coefficient (Wildman–Crippen LogP) is 0.509. The lowest BCUT2D eigenvalue weighted by Gasteiger charge is -1.97. The van der Waals surface area contributed by atoms with E-state index in [1.54, 1.807) is 6.07 Å². The van der Waals surface area contributed by atoms with Gasteiger partial charge in [0.1, 0.15) is 5.75 Å². The number of pyridine rings is 1. The van der Waals surface area contributed by atoms with Crippen molar-refractivity contribution in [3.63, 3.8) is 0 Å². The van der Waals surface area contributed by atoms with Gasteiger partial charge >= 0.3 is 0 Å². The zero-order chi connectivity index (χ0) is 8.27. The van der Waals surface area contributed by atoms with Gasteiger partial charge in [0.25, 0.3) is 0 Å². The fraction of sp³-hybridized carbons (Fsp3) is 0.167. The number of aromatic nitrogens is 1. The quantitative estimate of drug-likeness (QED) is 0.639. The zero-order valence-electron chi connectivity index (χ0n) is 5.60. The Morgan fingerprint density at radius 3 is 2.91 bits per heavy atom. The van der Waals surface area contributed by atoms with Crippen molar-refractivity contribution in [3.05, 3.63) is 24.0 Å². The normalized spacial score (nSPS) is 12.8. The summed E-state index contributed by atoms with van der Waals surface area (Å²) in [6.45, 7) is 0. The molecule has 0 spiro atoms. The third-order valence-corrected chi connectivity index (χ3v) is 1.65. The number of rotatable bonds is 2. The SMILES string of the molecule is O=S(O)Cc1ncccc1O. The topological polar surface area (TPSA) is 70.4 Å². The first-order valence-electron chi connectivity index (χ1n) is 2.90. The number of nitrogens with zero attached hydrogens (tertiary/aromatic N) is 1.